The number of carbonyl (C=O) groups is 1. The second-order valence-electron chi connectivity index (χ2n) is 4.93. The maximum Gasteiger partial charge on any atom is 0.354 e. The van der Waals surface area contributed by atoms with E-state index in [2.05, 4.69) is 45.0 Å². The highest BCUT2D eigenvalue weighted by Gasteiger charge is 2.18. The van der Waals surface area contributed by atoms with E-state index >= 15 is 0 Å². The third kappa shape index (κ3) is 2.55. The SMILES string of the molecule is COC(=O)c1ccc(-c2ccc(C)cc2)n1C(C)C. The Kier molecular flexibility index (Phi) is 3.74. The van der Waals surface area contributed by atoms with Crippen LogP contribution in [-0.2, 0) is 4.74 Å². The zero-order chi connectivity index (χ0) is 14.0. The number of hydrogen-bond donors (Lipinski definition) is 0. The molecular formula is C16H19NO2. The van der Waals surface area contributed by atoms with Gasteiger partial charge >= 0.3 is 5.97 Å². The number of aromatic nitrogens is 1. The summed E-state index contributed by atoms with van der Waals surface area (Å²) >= 11 is 0. The fourth-order valence-electron chi connectivity index (χ4n) is 2.24. The number of hydrogen-bond acceptors (Lipinski definition) is 2. The number of carbonyl (C=O) groups excluding carboxylic acids is 1. The van der Waals surface area contributed by atoms with E-state index in [-0.39, 0.29) is 12.0 Å². The standard InChI is InChI=1S/C16H19NO2/c1-11(2)17-14(9-10-15(17)16(18)19-4)13-7-5-12(3)6-8-13/h5-11H,1-4H3. The highest BCUT2D eigenvalue weighted by atomic mass is 16.5. The molecule has 100 valence electrons. The van der Waals surface area contributed by atoms with Crippen molar-refractivity contribution in [2.75, 3.05) is 7.11 Å². The van der Waals surface area contributed by atoms with Crippen LogP contribution in [-0.4, -0.2) is 17.6 Å². The second-order valence-corrected chi connectivity index (χ2v) is 4.93. The highest BCUT2D eigenvalue weighted by Crippen LogP contribution is 2.27. The van der Waals surface area contributed by atoms with E-state index in [4.69, 9.17) is 4.74 Å². The summed E-state index contributed by atoms with van der Waals surface area (Å²) in [5, 5.41) is 0. The van der Waals surface area contributed by atoms with Crippen LogP contribution >= 0.6 is 0 Å². The van der Waals surface area contributed by atoms with Crippen LogP contribution in [0.25, 0.3) is 11.3 Å². The minimum Gasteiger partial charge on any atom is -0.464 e. The van der Waals surface area contributed by atoms with Crippen molar-refractivity contribution >= 4 is 5.97 Å². The van der Waals surface area contributed by atoms with Crippen molar-refractivity contribution in [2.24, 2.45) is 0 Å². The van der Waals surface area contributed by atoms with Gasteiger partial charge in [0.25, 0.3) is 0 Å². The van der Waals surface area contributed by atoms with Crippen molar-refractivity contribution in [1.29, 1.82) is 0 Å². The number of benzene rings is 1. The molecular weight excluding hydrogens is 238 g/mol. The Hall–Kier alpha value is -2.03. The Balaban J connectivity index is 2.55. The van der Waals surface area contributed by atoms with Gasteiger partial charge in [0, 0.05) is 11.7 Å². The molecule has 0 amide bonds. The predicted molar refractivity (Wildman–Crippen MR) is 76.3 cm³/mol. The normalized spacial score (nSPS) is 10.8. The fraction of sp³-hybridized carbons (Fsp3) is 0.312. The largest absolute Gasteiger partial charge is 0.464 e. The quantitative estimate of drug-likeness (QED) is 0.782. The maximum atomic E-state index is 11.8. The molecule has 2 rings (SSSR count). The summed E-state index contributed by atoms with van der Waals surface area (Å²) in [6, 6.07) is 12.3. The first-order chi connectivity index (χ1) is 9.04. The Morgan fingerprint density at radius 3 is 2.26 bits per heavy atom. The van der Waals surface area contributed by atoms with Gasteiger partial charge < -0.3 is 9.30 Å². The number of methoxy groups -OCH3 is 1. The first-order valence-electron chi connectivity index (χ1n) is 6.41. The Morgan fingerprint density at radius 2 is 1.74 bits per heavy atom. The summed E-state index contributed by atoms with van der Waals surface area (Å²) in [6.07, 6.45) is 0. The van der Waals surface area contributed by atoms with Crippen LogP contribution in [0.1, 0.15) is 35.9 Å². The van der Waals surface area contributed by atoms with Crippen molar-refractivity contribution in [3.05, 3.63) is 47.7 Å². The molecule has 0 fully saturated rings. The van der Waals surface area contributed by atoms with Crippen molar-refractivity contribution in [1.82, 2.24) is 4.57 Å². The average molecular weight is 257 g/mol. The molecule has 0 bridgehead atoms. The second kappa shape index (κ2) is 5.31. The molecule has 3 heteroatoms. The monoisotopic (exact) mass is 257 g/mol. The molecule has 0 unspecified atom stereocenters. The van der Waals surface area contributed by atoms with Gasteiger partial charge in [-0.15, -0.1) is 0 Å². The first kappa shape index (κ1) is 13.4. The zero-order valence-electron chi connectivity index (χ0n) is 11.8. The molecule has 0 N–H and O–H groups in total. The van der Waals surface area contributed by atoms with Crippen LogP contribution in [0.3, 0.4) is 0 Å². The Bertz CT molecular complexity index is 579. The highest BCUT2D eigenvalue weighted by molar-refractivity contribution is 5.89. The fourth-order valence-corrected chi connectivity index (χ4v) is 2.24. The van der Waals surface area contributed by atoms with E-state index in [1.54, 1.807) is 0 Å². The molecule has 0 aliphatic heterocycles. The molecule has 0 radical (unpaired) electrons. The van der Waals surface area contributed by atoms with Gasteiger partial charge in [0.1, 0.15) is 5.69 Å². The summed E-state index contributed by atoms with van der Waals surface area (Å²) in [7, 11) is 1.41. The van der Waals surface area contributed by atoms with E-state index in [0.29, 0.717) is 5.69 Å². The van der Waals surface area contributed by atoms with E-state index < -0.39 is 0 Å². The molecule has 1 heterocycles. The Labute approximate surface area is 113 Å². The molecule has 1 aromatic heterocycles. The number of aryl methyl sites for hydroxylation is 1. The molecule has 0 aliphatic carbocycles. The van der Waals surface area contributed by atoms with E-state index in [1.165, 1.54) is 12.7 Å². The summed E-state index contributed by atoms with van der Waals surface area (Å²) in [5.41, 5.74) is 3.96. The predicted octanol–water partition coefficient (Wildman–Crippen LogP) is 3.83. The number of rotatable bonds is 3. The summed E-state index contributed by atoms with van der Waals surface area (Å²) < 4.78 is 6.85. The van der Waals surface area contributed by atoms with Crippen LogP contribution < -0.4 is 0 Å². The van der Waals surface area contributed by atoms with Crippen LogP contribution in [0, 0.1) is 6.92 Å². The van der Waals surface area contributed by atoms with Gasteiger partial charge in [-0.1, -0.05) is 29.8 Å². The smallest absolute Gasteiger partial charge is 0.354 e. The first-order valence-corrected chi connectivity index (χ1v) is 6.41. The van der Waals surface area contributed by atoms with Crippen LogP contribution in [0.5, 0.6) is 0 Å². The number of nitrogens with zero attached hydrogens (tertiary/aromatic N) is 1. The third-order valence-electron chi connectivity index (χ3n) is 3.18. The van der Waals surface area contributed by atoms with Gasteiger partial charge in [-0.2, -0.15) is 0 Å². The molecule has 0 spiro atoms. The zero-order valence-corrected chi connectivity index (χ0v) is 11.8. The molecule has 2 aromatic rings. The van der Waals surface area contributed by atoms with Gasteiger partial charge in [-0.3, -0.25) is 0 Å². The van der Waals surface area contributed by atoms with Gasteiger partial charge in [0.15, 0.2) is 0 Å². The molecule has 1 aromatic carbocycles. The average Bonchev–Trinajstić information content (AvgIpc) is 2.83. The minimum atomic E-state index is -0.299. The summed E-state index contributed by atoms with van der Waals surface area (Å²) in [6.45, 7) is 6.18. The van der Waals surface area contributed by atoms with Crippen molar-refractivity contribution in [2.45, 2.75) is 26.8 Å². The van der Waals surface area contributed by atoms with Crippen molar-refractivity contribution in [3.63, 3.8) is 0 Å². The molecule has 0 saturated carbocycles. The van der Waals surface area contributed by atoms with E-state index in [1.807, 2.05) is 16.7 Å². The van der Waals surface area contributed by atoms with Crippen LogP contribution in [0.2, 0.25) is 0 Å². The molecule has 0 atom stereocenters. The molecule has 3 nitrogen and oxygen atoms in total. The summed E-state index contributed by atoms with van der Waals surface area (Å²) in [5.74, 6) is -0.299. The minimum absolute atomic E-state index is 0.195. The lowest BCUT2D eigenvalue weighted by molar-refractivity contribution is 0.0587. The molecule has 19 heavy (non-hydrogen) atoms. The van der Waals surface area contributed by atoms with E-state index in [0.717, 1.165) is 11.3 Å². The summed E-state index contributed by atoms with van der Waals surface area (Å²) in [4.78, 5) is 11.8. The van der Waals surface area contributed by atoms with Gasteiger partial charge in [0.05, 0.1) is 7.11 Å². The lowest BCUT2D eigenvalue weighted by Gasteiger charge is -2.16. The van der Waals surface area contributed by atoms with E-state index in [9.17, 15) is 4.79 Å². The Morgan fingerprint density at radius 1 is 1.11 bits per heavy atom. The molecule has 0 aliphatic rings. The maximum absolute atomic E-state index is 11.8. The van der Waals surface area contributed by atoms with Crippen molar-refractivity contribution in [3.8, 4) is 11.3 Å². The topological polar surface area (TPSA) is 31.2 Å². The molecule has 0 saturated heterocycles. The van der Waals surface area contributed by atoms with Gasteiger partial charge in [0.2, 0.25) is 0 Å². The number of ether oxygens (including phenoxy) is 1. The van der Waals surface area contributed by atoms with Crippen LogP contribution in [0.4, 0.5) is 0 Å². The lowest BCUT2D eigenvalue weighted by Crippen LogP contribution is -2.13. The number of esters is 1. The third-order valence-corrected chi connectivity index (χ3v) is 3.18. The van der Waals surface area contributed by atoms with Crippen LogP contribution in [0.15, 0.2) is 36.4 Å². The van der Waals surface area contributed by atoms with Gasteiger partial charge in [-0.05, 0) is 38.5 Å². The lowest BCUT2D eigenvalue weighted by atomic mass is 10.1. The van der Waals surface area contributed by atoms with Crippen molar-refractivity contribution < 1.29 is 9.53 Å². The van der Waals surface area contributed by atoms with Gasteiger partial charge in [-0.25, -0.2) is 4.79 Å².